The first kappa shape index (κ1) is 28.8. The lowest BCUT2D eigenvalue weighted by Gasteiger charge is -2.43. The molecule has 6 aromatic carbocycles. The van der Waals surface area contributed by atoms with Crippen molar-refractivity contribution in [2.24, 2.45) is 11.8 Å². The molecule has 0 fully saturated rings. The first-order chi connectivity index (χ1) is 26.8. The van der Waals surface area contributed by atoms with Crippen LogP contribution in [0.25, 0.3) is 55.3 Å². The molecule has 0 bridgehead atoms. The van der Waals surface area contributed by atoms with E-state index in [0.717, 1.165) is 11.3 Å². The van der Waals surface area contributed by atoms with Crippen molar-refractivity contribution in [3.05, 3.63) is 238 Å². The van der Waals surface area contributed by atoms with Crippen LogP contribution in [0, 0.1) is 11.8 Å². The second kappa shape index (κ2) is 10.2. The summed E-state index contributed by atoms with van der Waals surface area (Å²) in [5, 5.41) is 3.74. The van der Waals surface area contributed by atoms with Gasteiger partial charge in [-0.25, -0.2) is 0 Å². The van der Waals surface area contributed by atoms with Gasteiger partial charge < -0.3 is 4.42 Å². The molecule has 0 saturated carbocycles. The van der Waals surface area contributed by atoms with Gasteiger partial charge in [0.05, 0.1) is 5.41 Å². The average molecular weight is 685 g/mol. The summed E-state index contributed by atoms with van der Waals surface area (Å²) < 4.78 is 6.77. The maximum atomic E-state index is 6.77. The Kier molecular flexibility index (Phi) is 5.47. The van der Waals surface area contributed by atoms with Crippen molar-refractivity contribution >= 4 is 32.9 Å². The van der Waals surface area contributed by atoms with Crippen molar-refractivity contribution in [2.75, 3.05) is 0 Å². The molecule has 3 atom stereocenters. The van der Waals surface area contributed by atoms with Crippen LogP contribution < -0.4 is 0 Å². The molecule has 0 radical (unpaired) electrons. The summed E-state index contributed by atoms with van der Waals surface area (Å²) in [6, 6.07) is 49.5. The van der Waals surface area contributed by atoms with Gasteiger partial charge in [0, 0.05) is 28.3 Å². The topological polar surface area (TPSA) is 13.1 Å². The van der Waals surface area contributed by atoms with Crippen LogP contribution in [0.4, 0.5) is 0 Å². The van der Waals surface area contributed by atoms with Gasteiger partial charge in [0.15, 0.2) is 0 Å². The van der Waals surface area contributed by atoms with Gasteiger partial charge in [-0.15, -0.1) is 0 Å². The maximum absolute atomic E-state index is 6.77. The number of hydrogen-bond donors (Lipinski definition) is 0. The van der Waals surface area contributed by atoms with Gasteiger partial charge in [0.2, 0.25) is 0 Å². The van der Waals surface area contributed by atoms with Crippen LogP contribution in [0.15, 0.2) is 209 Å². The predicted molar refractivity (Wildman–Crippen MR) is 221 cm³/mol. The van der Waals surface area contributed by atoms with Crippen molar-refractivity contribution in [3.63, 3.8) is 0 Å². The van der Waals surface area contributed by atoms with Gasteiger partial charge in [-0.1, -0.05) is 164 Å². The third-order valence-corrected chi connectivity index (χ3v) is 13.1. The molecule has 1 spiro atoms. The van der Waals surface area contributed by atoms with Gasteiger partial charge in [0.25, 0.3) is 0 Å². The lowest BCUT2D eigenvalue weighted by Crippen LogP contribution is -2.31. The van der Waals surface area contributed by atoms with E-state index in [2.05, 4.69) is 182 Å². The first-order valence-electron chi connectivity index (χ1n) is 19.1. The van der Waals surface area contributed by atoms with E-state index in [1.807, 2.05) is 0 Å². The number of furan rings is 1. The molecule has 54 heavy (non-hydrogen) atoms. The highest BCUT2D eigenvalue weighted by Crippen LogP contribution is 2.65. The van der Waals surface area contributed by atoms with E-state index in [0.29, 0.717) is 0 Å². The van der Waals surface area contributed by atoms with Crippen molar-refractivity contribution in [2.45, 2.75) is 5.41 Å². The monoisotopic (exact) mass is 684 g/mol. The molecule has 1 aromatic heterocycles. The molecule has 1 heteroatoms. The molecule has 13 rings (SSSR count). The lowest BCUT2D eigenvalue weighted by atomic mass is 9.60. The molecule has 7 aromatic rings. The van der Waals surface area contributed by atoms with Crippen LogP contribution in [-0.2, 0) is 5.41 Å². The lowest BCUT2D eigenvalue weighted by molar-refractivity contribution is 0.571. The molecule has 0 saturated heterocycles. The first-order valence-corrected chi connectivity index (χ1v) is 19.1. The zero-order valence-corrected chi connectivity index (χ0v) is 29.4. The third kappa shape index (κ3) is 3.50. The van der Waals surface area contributed by atoms with Gasteiger partial charge in [0.1, 0.15) is 11.3 Å². The highest BCUT2D eigenvalue weighted by molar-refractivity contribution is 6.03. The fourth-order valence-electron chi connectivity index (χ4n) is 10.9. The average Bonchev–Trinajstić information content (AvgIpc) is 3.86. The fraction of sp³-hybridized carbons (Fsp3) is 0.0566. The third-order valence-electron chi connectivity index (χ3n) is 13.1. The van der Waals surface area contributed by atoms with Crippen LogP contribution in [0.2, 0.25) is 0 Å². The van der Waals surface area contributed by atoms with Gasteiger partial charge >= 0.3 is 0 Å². The molecule has 0 N–H and O–H groups in total. The largest absolute Gasteiger partial charge is 0.456 e. The zero-order valence-electron chi connectivity index (χ0n) is 29.4. The molecular weight excluding hydrogens is 653 g/mol. The Hall–Kier alpha value is -6.70. The predicted octanol–water partition coefficient (Wildman–Crippen LogP) is 12.9. The zero-order chi connectivity index (χ0) is 35.1. The van der Waals surface area contributed by atoms with Crippen molar-refractivity contribution in [3.8, 4) is 22.5 Å². The smallest absolute Gasteiger partial charge is 0.140 e. The van der Waals surface area contributed by atoms with E-state index < -0.39 is 5.41 Å². The maximum Gasteiger partial charge on any atom is 0.140 e. The van der Waals surface area contributed by atoms with Crippen LogP contribution in [0.3, 0.4) is 0 Å². The van der Waals surface area contributed by atoms with Crippen molar-refractivity contribution in [1.82, 2.24) is 0 Å². The Morgan fingerprint density at radius 1 is 0.519 bits per heavy atom. The normalized spacial score (nSPS) is 22.0. The summed E-state index contributed by atoms with van der Waals surface area (Å²) >= 11 is 0. The molecule has 1 nitrogen and oxygen atoms in total. The SMILES string of the molecule is C1=CC2=CC(c3ccc4ccccc4c3)=C3C=CC=C4C=C(c5ccc6c(c5)C5(c7ccccc7-6)c6ccccc6-c6oc7ccccc7c65)C(=C1)C2C43. The van der Waals surface area contributed by atoms with Crippen molar-refractivity contribution < 1.29 is 4.42 Å². The minimum Gasteiger partial charge on any atom is -0.456 e. The molecular formula is C53H32O. The second-order valence-electron chi connectivity index (χ2n) is 15.5. The standard InChI is InChI=1S/C53H32O/c1-2-12-32-27-33(24-23-31(32)11-1)43-28-35-13-10-19-40-44(29-36-14-9-18-39(43)49(36)50(35)40)34-25-26-38-37-15-3-6-20-45(37)53(47(38)30-34)46-21-7-4-16-41(46)52-51(53)42-17-5-8-22-48(42)54-52/h1-30,49-50H. The number of fused-ring (bicyclic) bond motifs is 13. The number of rotatable bonds is 2. The molecule has 0 amide bonds. The molecule has 0 aliphatic heterocycles. The van der Waals surface area contributed by atoms with Crippen LogP contribution in [0.5, 0.6) is 0 Å². The van der Waals surface area contributed by atoms with E-state index >= 15 is 0 Å². The van der Waals surface area contributed by atoms with E-state index in [9.17, 15) is 0 Å². The second-order valence-corrected chi connectivity index (χ2v) is 15.5. The Balaban J connectivity index is 1.03. The highest BCUT2D eigenvalue weighted by Gasteiger charge is 2.54. The summed E-state index contributed by atoms with van der Waals surface area (Å²) in [7, 11) is 0. The summed E-state index contributed by atoms with van der Waals surface area (Å²) in [5.41, 5.74) is 20.3. The summed E-state index contributed by atoms with van der Waals surface area (Å²) in [5.74, 6) is 1.54. The van der Waals surface area contributed by atoms with E-state index in [1.54, 1.807) is 0 Å². The molecule has 6 aliphatic carbocycles. The summed E-state index contributed by atoms with van der Waals surface area (Å²) in [6.45, 7) is 0. The quantitative estimate of drug-likeness (QED) is 0.177. The van der Waals surface area contributed by atoms with E-state index in [1.165, 1.54) is 99.7 Å². The Morgan fingerprint density at radius 2 is 1.26 bits per heavy atom. The minimum atomic E-state index is -0.480. The molecule has 3 unspecified atom stereocenters. The van der Waals surface area contributed by atoms with Gasteiger partial charge in [-0.3, -0.25) is 0 Å². The number of hydrogen-bond acceptors (Lipinski definition) is 1. The highest BCUT2D eigenvalue weighted by atomic mass is 16.3. The number of allylic oxidation sites excluding steroid dienone is 14. The number of benzene rings is 6. The summed E-state index contributed by atoms with van der Waals surface area (Å²) in [4.78, 5) is 0. The van der Waals surface area contributed by atoms with Crippen LogP contribution >= 0.6 is 0 Å². The molecule has 1 heterocycles. The van der Waals surface area contributed by atoms with Gasteiger partial charge in [-0.2, -0.15) is 0 Å². The van der Waals surface area contributed by atoms with Gasteiger partial charge in [-0.05, 0) is 101 Å². The molecule has 6 aliphatic rings. The summed E-state index contributed by atoms with van der Waals surface area (Å²) in [6.07, 6.45) is 18.9. The van der Waals surface area contributed by atoms with Crippen LogP contribution in [-0.4, -0.2) is 0 Å². The van der Waals surface area contributed by atoms with E-state index in [-0.39, 0.29) is 11.8 Å². The van der Waals surface area contributed by atoms with E-state index in [4.69, 9.17) is 4.42 Å². The minimum absolute atomic E-state index is 0.265. The fourth-order valence-corrected chi connectivity index (χ4v) is 10.9. The van der Waals surface area contributed by atoms with Crippen molar-refractivity contribution in [1.29, 1.82) is 0 Å². The Morgan fingerprint density at radius 3 is 2.19 bits per heavy atom. The number of para-hydroxylation sites is 1. The Bertz CT molecular complexity index is 3110. The molecule has 250 valence electrons. The Labute approximate surface area is 313 Å². The van der Waals surface area contributed by atoms with Crippen LogP contribution in [0.1, 0.15) is 33.4 Å².